The van der Waals surface area contributed by atoms with E-state index in [2.05, 4.69) is 10.4 Å². The molecule has 3 rings (SSSR count). The van der Waals surface area contributed by atoms with E-state index in [0.29, 0.717) is 12.3 Å². The minimum Gasteiger partial charge on any atom is -0.487 e. The first-order valence-electron chi connectivity index (χ1n) is 8.10. The van der Waals surface area contributed by atoms with Gasteiger partial charge in [-0.15, -0.1) is 0 Å². The number of nitrogens with one attached hydrogen (secondary N) is 1. The Morgan fingerprint density at radius 1 is 1.50 bits per heavy atom. The second kappa shape index (κ2) is 5.86. The maximum atomic E-state index is 13.5. The highest BCUT2D eigenvalue weighted by molar-refractivity contribution is 5.39. The fraction of sp³-hybridized carbons (Fsp3) is 0.500. The molecule has 24 heavy (non-hydrogen) atoms. The maximum Gasteiger partial charge on any atom is 0.127 e. The van der Waals surface area contributed by atoms with Crippen LogP contribution in [-0.2, 0) is 12.6 Å². The van der Waals surface area contributed by atoms with E-state index in [1.54, 1.807) is 30.1 Å². The first-order valence-corrected chi connectivity index (χ1v) is 8.10. The molecule has 2 atom stereocenters. The van der Waals surface area contributed by atoms with Crippen LogP contribution in [0.1, 0.15) is 44.4 Å². The van der Waals surface area contributed by atoms with Crippen molar-refractivity contribution in [2.45, 2.75) is 44.4 Å². The van der Waals surface area contributed by atoms with Crippen molar-refractivity contribution in [2.24, 2.45) is 7.05 Å². The molecule has 5 nitrogen and oxygen atoms in total. The molecule has 0 aliphatic carbocycles. The first-order chi connectivity index (χ1) is 11.2. The number of halogens is 1. The van der Waals surface area contributed by atoms with Gasteiger partial charge < -0.3 is 15.2 Å². The minimum atomic E-state index is -1.04. The van der Waals surface area contributed by atoms with E-state index < -0.39 is 11.2 Å². The number of ether oxygens (including phenoxy) is 1. The number of aryl methyl sites for hydroxylation is 1. The summed E-state index contributed by atoms with van der Waals surface area (Å²) < 4.78 is 21.1. The molecule has 2 heterocycles. The second-order valence-corrected chi connectivity index (χ2v) is 7.36. The SMILES string of the molecule is Cn1cc(C(C)(O)CNC2CC(C)(C)Oc3cc(F)ccc32)cn1. The zero-order valence-corrected chi connectivity index (χ0v) is 14.5. The molecule has 0 spiro atoms. The van der Waals surface area contributed by atoms with Gasteiger partial charge in [-0.3, -0.25) is 4.68 Å². The number of benzene rings is 1. The van der Waals surface area contributed by atoms with E-state index in [1.807, 2.05) is 20.9 Å². The van der Waals surface area contributed by atoms with Gasteiger partial charge in [-0.1, -0.05) is 6.07 Å². The summed E-state index contributed by atoms with van der Waals surface area (Å²) in [5.74, 6) is 0.248. The van der Waals surface area contributed by atoms with Crippen molar-refractivity contribution >= 4 is 0 Å². The highest BCUT2D eigenvalue weighted by Gasteiger charge is 2.35. The van der Waals surface area contributed by atoms with Crippen LogP contribution in [-0.4, -0.2) is 27.0 Å². The van der Waals surface area contributed by atoms with Crippen LogP contribution in [0.2, 0.25) is 0 Å². The van der Waals surface area contributed by atoms with Crippen molar-refractivity contribution in [3.63, 3.8) is 0 Å². The molecule has 1 aromatic heterocycles. The molecule has 1 aliphatic heterocycles. The smallest absolute Gasteiger partial charge is 0.127 e. The number of fused-ring (bicyclic) bond motifs is 1. The van der Waals surface area contributed by atoms with Gasteiger partial charge in [0.05, 0.1) is 6.20 Å². The first kappa shape index (κ1) is 16.9. The molecule has 0 saturated carbocycles. The molecular formula is C18H24FN3O2. The summed E-state index contributed by atoms with van der Waals surface area (Å²) >= 11 is 0. The van der Waals surface area contributed by atoms with Crippen LogP contribution >= 0.6 is 0 Å². The van der Waals surface area contributed by atoms with Gasteiger partial charge in [0.25, 0.3) is 0 Å². The number of rotatable bonds is 4. The zero-order valence-electron chi connectivity index (χ0n) is 14.5. The van der Waals surface area contributed by atoms with Crippen LogP contribution in [0.4, 0.5) is 4.39 Å². The van der Waals surface area contributed by atoms with Gasteiger partial charge in [-0.25, -0.2) is 4.39 Å². The van der Waals surface area contributed by atoms with E-state index in [0.717, 1.165) is 17.5 Å². The molecule has 2 aromatic rings. The van der Waals surface area contributed by atoms with Gasteiger partial charge in [0.1, 0.15) is 22.8 Å². The number of aromatic nitrogens is 2. The van der Waals surface area contributed by atoms with Gasteiger partial charge in [0.2, 0.25) is 0 Å². The number of nitrogens with zero attached hydrogens (tertiary/aromatic N) is 2. The minimum absolute atomic E-state index is 0.0208. The Bertz CT molecular complexity index is 740. The van der Waals surface area contributed by atoms with Gasteiger partial charge in [0.15, 0.2) is 0 Å². The quantitative estimate of drug-likeness (QED) is 0.903. The summed E-state index contributed by atoms with van der Waals surface area (Å²) in [4.78, 5) is 0. The van der Waals surface area contributed by atoms with E-state index >= 15 is 0 Å². The lowest BCUT2D eigenvalue weighted by Gasteiger charge is -2.39. The average Bonchev–Trinajstić information content (AvgIpc) is 2.91. The molecule has 130 valence electrons. The lowest BCUT2D eigenvalue weighted by atomic mass is 9.89. The fourth-order valence-electron chi connectivity index (χ4n) is 3.13. The summed E-state index contributed by atoms with van der Waals surface area (Å²) in [6.45, 7) is 6.08. The third kappa shape index (κ3) is 3.44. The highest BCUT2D eigenvalue weighted by Crippen LogP contribution is 2.40. The van der Waals surface area contributed by atoms with Crippen molar-refractivity contribution in [1.29, 1.82) is 0 Å². The van der Waals surface area contributed by atoms with Crippen LogP contribution in [0.25, 0.3) is 0 Å². The van der Waals surface area contributed by atoms with Crippen molar-refractivity contribution < 1.29 is 14.2 Å². The number of hydrogen-bond acceptors (Lipinski definition) is 4. The molecule has 0 fully saturated rings. The lowest BCUT2D eigenvalue weighted by molar-refractivity contribution is 0.0358. The normalized spacial score (nSPS) is 21.7. The van der Waals surface area contributed by atoms with E-state index in [9.17, 15) is 9.50 Å². The summed E-state index contributed by atoms with van der Waals surface area (Å²) in [5, 5.41) is 18.3. The average molecular weight is 333 g/mol. The van der Waals surface area contributed by atoms with Gasteiger partial charge in [-0.2, -0.15) is 5.10 Å². The van der Waals surface area contributed by atoms with Crippen LogP contribution in [0.3, 0.4) is 0 Å². The Balaban J connectivity index is 1.80. The summed E-state index contributed by atoms with van der Waals surface area (Å²) in [6, 6.07) is 4.59. The molecule has 0 amide bonds. The Labute approximate surface area is 141 Å². The monoisotopic (exact) mass is 333 g/mol. The Kier molecular flexibility index (Phi) is 4.13. The van der Waals surface area contributed by atoms with E-state index in [4.69, 9.17) is 4.74 Å². The van der Waals surface area contributed by atoms with Gasteiger partial charge >= 0.3 is 0 Å². The Hall–Kier alpha value is -1.92. The van der Waals surface area contributed by atoms with Crippen LogP contribution in [0, 0.1) is 5.82 Å². The maximum absolute atomic E-state index is 13.5. The Morgan fingerprint density at radius 3 is 2.92 bits per heavy atom. The van der Waals surface area contributed by atoms with Gasteiger partial charge in [-0.05, 0) is 26.8 Å². The number of aliphatic hydroxyl groups is 1. The number of hydrogen-bond donors (Lipinski definition) is 2. The predicted molar refractivity (Wildman–Crippen MR) is 89.2 cm³/mol. The van der Waals surface area contributed by atoms with Crippen molar-refractivity contribution in [1.82, 2.24) is 15.1 Å². The topological polar surface area (TPSA) is 59.3 Å². The third-order valence-corrected chi connectivity index (χ3v) is 4.45. The van der Waals surface area contributed by atoms with Crippen molar-refractivity contribution in [3.8, 4) is 5.75 Å². The molecule has 2 N–H and O–H groups in total. The largest absolute Gasteiger partial charge is 0.487 e. The molecule has 6 heteroatoms. The van der Waals surface area contributed by atoms with Crippen molar-refractivity contribution in [2.75, 3.05) is 6.54 Å². The molecular weight excluding hydrogens is 309 g/mol. The van der Waals surface area contributed by atoms with Crippen molar-refractivity contribution in [3.05, 3.63) is 47.5 Å². The molecule has 0 radical (unpaired) electrons. The van der Waals surface area contributed by atoms with E-state index in [-0.39, 0.29) is 11.9 Å². The molecule has 1 aliphatic rings. The third-order valence-electron chi connectivity index (χ3n) is 4.45. The zero-order chi connectivity index (χ0) is 17.5. The fourth-order valence-corrected chi connectivity index (χ4v) is 3.13. The molecule has 0 saturated heterocycles. The second-order valence-electron chi connectivity index (χ2n) is 7.36. The standard InChI is InChI=1S/C18H24FN3O2/c1-17(2)8-15(14-6-5-13(19)7-16(14)24-17)20-11-18(3,23)12-9-21-22(4)10-12/h5-7,9-10,15,20,23H,8,11H2,1-4H3. The summed E-state index contributed by atoms with van der Waals surface area (Å²) in [7, 11) is 1.82. The molecule has 0 bridgehead atoms. The Morgan fingerprint density at radius 2 is 2.25 bits per heavy atom. The van der Waals surface area contributed by atoms with E-state index in [1.165, 1.54) is 12.1 Å². The highest BCUT2D eigenvalue weighted by atomic mass is 19.1. The van der Waals surface area contributed by atoms with Crippen LogP contribution in [0.5, 0.6) is 5.75 Å². The molecule has 2 unspecified atom stereocenters. The molecule has 1 aromatic carbocycles. The van der Waals surface area contributed by atoms with Crippen LogP contribution in [0.15, 0.2) is 30.6 Å². The lowest BCUT2D eigenvalue weighted by Crippen LogP contribution is -2.43. The summed E-state index contributed by atoms with van der Waals surface area (Å²) in [6.07, 6.45) is 4.20. The summed E-state index contributed by atoms with van der Waals surface area (Å²) in [5.41, 5.74) is 0.219. The van der Waals surface area contributed by atoms with Crippen LogP contribution < -0.4 is 10.1 Å². The predicted octanol–water partition coefficient (Wildman–Crippen LogP) is 2.66. The van der Waals surface area contributed by atoms with Gasteiger partial charge in [0, 0.05) is 49.4 Å².